The number of piperidine rings is 1. The number of hydrogen-bond donors (Lipinski definition) is 1. The highest BCUT2D eigenvalue weighted by atomic mass is 19.1. The Morgan fingerprint density at radius 3 is 2.94 bits per heavy atom. The molecule has 3 heterocycles. The molecule has 1 saturated heterocycles. The summed E-state index contributed by atoms with van der Waals surface area (Å²) < 4.78 is 21.1. The van der Waals surface area contributed by atoms with Crippen LogP contribution in [0.4, 0.5) is 10.2 Å². The van der Waals surface area contributed by atoms with Gasteiger partial charge in [0, 0.05) is 43.2 Å². The van der Waals surface area contributed by atoms with Gasteiger partial charge in [-0.05, 0) is 37.1 Å². The summed E-state index contributed by atoms with van der Waals surface area (Å²) >= 11 is 0. The van der Waals surface area contributed by atoms with Crippen LogP contribution >= 0.6 is 0 Å². The van der Waals surface area contributed by atoms with Crippen molar-refractivity contribution < 1.29 is 13.9 Å². The lowest BCUT2D eigenvalue weighted by Gasteiger charge is -2.33. The summed E-state index contributed by atoms with van der Waals surface area (Å²) in [4.78, 5) is 19.6. The van der Waals surface area contributed by atoms with Gasteiger partial charge < -0.3 is 15.0 Å². The summed E-state index contributed by atoms with van der Waals surface area (Å²) in [6, 6.07) is 16.3. The Kier molecular flexibility index (Phi) is 6.12. The van der Waals surface area contributed by atoms with Gasteiger partial charge in [0.15, 0.2) is 5.82 Å². The molecule has 0 saturated carbocycles. The number of anilines is 1. The number of nitrogens with one attached hydrogen (secondary N) is 1. The minimum absolute atomic E-state index is 0.0644. The van der Waals surface area contributed by atoms with Crippen LogP contribution in [0.2, 0.25) is 0 Å². The second kappa shape index (κ2) is 9.51. The number of methoxy groups -OCH3 is 1. The van der Waals surface area contributed by atoms with Crippen LogP contribution in [0.5, 0.6) is 5.75 Å². The van der Waals surface area contributed by atoms with Crippen LogP contribution in [-0.2, 0) is 11.3 Å². The highest BCUT2D eigenvalue weighted by Crippen LogP contribution is 2.29. The molecule has 2 aromatic carbocycles. The molecule has 8 heteroatoms. The van der Waals surface area contributed by atoms with Gasteiger partial charge >= 0.3 is 0 Å². The molecule has 1 amide bonds. The number of hydrogen-bond acceptors (Lipinski definition) is 5. The van der Waals surface area contributed by atoms with Crippen molar-refractivity contribution in [2.45, 2.75) is 19.4 Å². The summed E-state index contributed by atoms with van der Waals surface area (Å²) in [5.74, 6) is 1.01. The first-order chi connectivity index (χ1) is 16.6. The van der Waals surface area contributed by atoms with E-state index in [1.54, 1.807) is 31.5 Å². The fourth-order valence-electron chi connectivity index (χ4n) is 4.43. The number of rotatable bonds is 6. The molecule has 174 valence electrons. The molecule has 0 spiro atoms. The van der Waals surface area contributed by atoms with Gasteiger partial charge in [0.2, 0.25) is 5.91 Å². The number of benzene rings is 2. The summed E-state index contributed by atoms with van der Waals surface area (Å²) in [6.07, 6.45) is 5.21. The maximum atomic E-state index is 13.9. The summed E-state index contributed by atoms with van der Waals surface area (Å²) in [7, 11) is 1.64. The molecular formula is C26H26FN5O2. The standard InChI is InChI=1S/C26H26FN5O2/c1-34-21-9-4-7-18(14-21)23-15-24-25(28-11-13-32(24)30-23)31-12-5-8-20(17-31)26(33)29-16-19-6-2-3-10-22(19)27/h2-4,6-7,9-11,13-15,20H,5,8,12,16-17H2,1H3,(H,29,33). The van der Waals surface area contributed by atoms with Crippen molar-refractivity contribution in [2.24, 2.45) is 5.92 Å². The topological polar surface area (TPSA) is 71.8 Å². The Balaban J connectivity index is 1.34. The van der Waals surface area contributed by atoms with Crippen LogP contribution in [0, 0.1) is 11.7 Å². The monoisotopic (exact) mass is 459 g/mol. The summed E-state index contributed by atoms with van der Waals surface area (Å²) in [5, 5.41) is 7.62. The van der Waals surface area contributed by atoms with Crippen molar-refractivity contribution in [1.82, 2.24) is 19.9 Å². The number of amides is 1. The summed E-state index contributed by atoms with van der Waals surface area (Å²) in [6.45, 7) is 1.54. The molecule has 7 nitrogen and oxygen atoms in total. The Morgan fingerprint density at radius 1 is 1.21 bits per heavy atom. The Bertz CT molecular complexity index is 1320. The third-order valence-electron chi connectivity index (χ3n) is 6.24. The number of ether oxygens (including phenoxy) is 1. The van der Waals surface area contributed by atoms with Gasteiger partial charge in [-0.25, -0.2) is 13.9 Å². The molecule has 1 N–H and O–H groups in total. The lowest BCUT2D eigenvalue weighted by atomic mass is 9.97. The molecule has 0 radical (unpaired) electrons. The van der Waals surface area contributed by atoms with Crippen molar-refractivity contribution in [1.29, 1.82) is 0 Å². The Morgan fingerprint density at radius 2 is 2.09 bits per heavy atom. The van der Waals surface area contributed by atoms with Crippen molar-refractivity contribution >= 4 is 17.2 Å². The number of halogens is 1. The van der Waals surface area contributed by atoms with Crippen LogP contribution in [0.3, 0.4) is 0 Å². The molecular weight excluding hydrogens is 433 g/mol. The molecule has 2 aromatic heterocycles. The smallest absolute Gasteiger partial charge is 0.225 e. The van der Waals surface area contributed by atoms with Gasteiger partial charge in [-0.3, -0.25) is 4.79 Å². The van der Waals surface area contributed by atoms with Crippen LogP contribution in [-0.4, -0.2) is 40.7 Å². The van der Waals surface area contributed by atoms with E-state index in [9.17, 15) is 9.18 Å². The molecule has 1 aliphatic rings. The fraction of sp³-hybridized carbons (Fsp3) is 0.269. The molecule has 1 unspecified atom stereocenters. The molecule has 4 aromatic rings. The van der Waals surface area contributed by atoms with Crippen LogP contribution in [0.25, 0.3) is 16.8 Å². The van der Waals surface area contributed by atoms with E-state index in [1.807, 2.05) is 41.0 Å². The molecule has 1 fully saturated rings. The largest absolute Gasteiger partial charge is 0.497 e. The quantitative estimate of drug-likeness (QED) is 0.471. The number of carbonyl (C=O) groups excluding carboxylic acids is 1. The number of aromatic nitrogens is 3. The minimum Gasteiger partial charge on any atom is -0.497 e. The van der Waals surface area contributed by atoms with Gasteiger partial charge in [-0.2, -0.15) is 5.10 Å². The molecule has 0 bridgehead atoms. The van der Waals surface area contributed by atoms with Crippen molar-refractivity contribution in [3.8, 4) is 17.0 Å². The number of carbonyl (C=O) groups is 1. The maximum Gasteiger partial charge on any atom is 0.225 e. The zero-order chi connectivity index (χ0) is 23.5. The zero-order valence-corrected chi connectivity index (χ0v) is 18.9. The summed E-state index contributed by atoms with van der Waals surface area (Å²) in [5.41, 5.74) is 3.15. The first-order valence-electron chi connectivity index (χ1n) is 11.4. The third-order valence-corrected chi connectivity index (χ3v) is 6.24. The zero-order valence-electron chi connectivity index (χ0n) is 18.9. The highest BCUT2D eigenvalue weighted by Gasteiger charge is 2.28. The average molecular weight is 460 g/mol. The molecule has 1 aliphatic heterocycles. The van der Waals surface area contributed by atoms with Crippen molar-refractivity contribution in [3.63, 3.8) is 0 Å². The van der Waals surface area contributed by atoms with Crippen molar-refractivity contribution in [3.05, 3.63) is 78.4 Å². The second-order valence-electron chi connectivity index (χ2n) is 8.44. The van der Waals surface area contributed by atoms with E-state index in [-0.39, 0.29) is 24.2 Å². The minimum atomic E-state index is -0.309. The van der Waals surface area contributed by atoms with Gasteiger partial charge in [0.05, 0.1) is 18.7 Å². The third kappa shape index (κ3) is 4.44. The van der Waals surface area contributed by atoms with Gasteiger partial charge in [-0.15, -0.1) is 0 Å². The molecule has 5 rings (SSSR count). The van der Waals surface area contributed by atoms with E-state index in [0.29, 0.717) is 12.1 Å². The highest BCUT2D eigenvalue weighted by molar-refractivity contribution is 5.81. The van der Waals surface area contributed by atoms with E-state index in [2.05, 4.69) is 15.2 Å². The van der Waals surface area contributed by atoms with Crippen LogP contribution in [0.15, 0.2) is 67.0 Å². The number of nitrogens with zero attached hydrogens (tertiary/aromatic N) is 4. The SMILES string of the molecule is COc1cccc(-c2cc3c(N4CCCC(C(=O)NCc5ccccc5F)C4)nccn3n2)c1. The molecule has 1 atom stereocenters. The first kappa shape index (κ1) is 21.9. The normalized spacial score (nSPS) is 15.9. The predicted molar refractivity (Wildman–Crippen MR) is 128 cm³/mol. The van der Waals surface area contributed by atoms with E-state index >= 15 is 0 Å². The lowest BCUT2D eigenvalue weighted by molar-refractivity contribution is -0.125. The predicted octanol–water partition coefficient (Wildman–Crippen LogP) is 4.08. The van der Waals surface area contributed by atoms with E-state index in [0.717, 1.165) is 47.7 Å². The first-order valence-corrected chi connectivity index (χ1v) is 11.4. The Hall–Kier alpha value is -3.94. The van der Waals surface area contributed by atoms with Crippen LogP contribution < -0.4 is 15.0 Å². The Labute approximate surface area is 197 Å². The fourth-order valence-corrected chi connectivity index (χ4v) is 4.43. The maximum absolute atomic E-state index is 13.9. The number of fused-ring (bicyclic) bond motifs is 1. The van der Waals surface area contributed by atoms with E-state index < -0.39 is 0 Å². The lowest BCUT2D eigenvalue weighted by Crippen LogP contribution is -2.43. The van der Waals surface area contributed by atoms with E-state index in [4.69, 9.17) is 9.84 Å². The average Bonchev–Trinajstić information content (AvgIpc) is 3.33. The van der Waals surface area contributed by atoms with Gasteiger partial charge in [0.25, 0.3) is 0 Å². The van der Waals surface area contributed by atoms with E-state index in [1.165, 1.54) is 6.07 Å². The molecule has 0 aliphatic carbocycles. The van der Waals surface area contributed by atoms with Crippen molar-refractivity contribution in [2.75, 3.05) is 25.1 Å². The van der Waals surface area contributed by atoms with Gasteiger partial charge in [0.1, 0.15) is 17.1 Å². The van der Waals surface area contributed by atoms with Gasteiger partial charge in [-0.1, -0.05) is 30.3 Å². The molecule has 34 heavy (non-hydrogen) atoms. The second-order valence-corrected chi connectivity index (χ2v) is 8.44. The van der Waals surface area contributed by atoms with Crippen LogP contribution in [0.1, 0.15) is 18.4 Å².